The van der Waals surface area contributed by atoms with Gasteiger partial charge >= 0.3 is 12.0 Å². The third-order valence-corrected chi connectivity index (χ3v) is 6.66. The molecule has 0 aromatic heterocycles. The van der Waals surface area contributed by atoms with Gasteiger partial charge in [0.25, 0.3) is 0 Å². The van der Waals surface area contributed by atoms with Crippen LogP contribution in [0.25, 0.3) is 0 Å². The van der Waals surface area contributed by atoms with Gasteiger partial charge in [0.15, 0.2) is 0 Å². The molecule has 1 aromatic rings. The quantitative estimate of drug-likeness (QED) is 0.428. The van der Waals surface area contributed by atoms with Crippen LogP contribution in [0, 0.1) is 0 Å². The summed E-state index contributed by atoms with van der Waals surface area (Å²) in [5, 5.41) is 3.61. The standard InChI is InChI=1S/C24H30Cl2N4O4/c1-4-9-30-19(15-28-10-12-29(13-11-28)20(31)5-2)21(23(32)34-6-3)22(27-24(30)33)16-7-8-17(25)18(26)14-16/h4,7-8,14,22H,1,5-6,9-13,15H2,2-3H3,(H,27,33)/t22-/m0/s1. The van der Waals surface area contributed by atoms with Gasteiger partial charge in [-0.15, -0.1) is 6.58 Å². The fourth-order valence-corrected chi connectivity index (χ4v) is 4.48. The third kappa shape index (κ3) is 5.74. The van der Waals surface area contributed by atoms with E-state index in [0.29, 0.717) is 66.0 Å². The van der Waals surface area contributed by atoms with Crippen LogP contribution in [0.1, 0.15) is 31.9 Å². The van der Waals surface area contributed by atoms with E-state index >= 15 is 0 Å². The Morgan fingerprint density at radius 1 is 1.18 bits per heavy atom. The summed E-state index contributed by atoms with van der Waals surface area (Å²) in [4.78, 5) is 43.9. The van der Waals surface area contributed by atoms with Crippen molar-refractivity contribution in [1.29, 1.82) is 0 Å². The number of hydrogen-bond donors (Lipinski definition) is 1. The van der Waals surface area contributed by atoms with Gasteiger partial charge in [0.2, 0.25) is 5.91 Å². The van der Waals surface area contributed by atoms with Crippen LogP contribution in [-0.2, 0) is 14.3 Å². The van der Waals surface area contributed by atoms with Crippen molar-refractivity contribution in [3.05, 3.63) is 57.7 Å². The Bertz CT molecular complexity index is 989. The predicted octanol–water partition coefficient (Wildman–Crippen LogP) is 3.62. The maximum atomic E-state index is 13.2. The highest BCUT2D eigenvalue weighted by Gasteiger charge is 2.39. The monoisotopic (exact) mass is 508 g/mol. The van der Waals surface area contributed by atoms with E-state index in [2.05, 4.69) is 16.8 Å². The molecule has 34 heavy (non-hydrogen) atoms. The number of nitrogens with one attached hydrogen (secondary N) is 1. The number of rotatable bonds is 8. The van der Waals surface area contributed by atoms with Crippen LogP contribution in [0.15, 0.2) is 42.1 Å². The fraction of sp³-hybridized carbons (Fsp3) is 0.458. The van der Waals surface area contributed by atoms with Crippen LogP contribution >= 0.6 is 23.2 Å². The zero-order valence-corrected chi connectivity index (χ0v) is 21.0. The lowest BCUT2D eigenvalue weighted by Gasteiger charge is -2.40. The van der Waals surface area contributed by atoms with E-state index in [9.17, 15) is 14.4 Å². The average molecular weight is 509 g/mol. The molecule has 1 aromatic carbocycles. The minimum Gasteiger partial charge on any atom is -0.463 e. The van der Waals surface area contributed by atoms with Crippen molar-refractivity contribution in [3.63, 3.8) is 0 Å². The van der Waals surface area contributed by atoms with E-state index in [0.717, 1.165) is 0 Å². The molecule has 2 aliphatic rings. The number of carbonyl (C=O) groups is 3. The van der Waals surface area contributed by atoms with E-state index in [4.69, 9.17) is 27.9 Å². The van der Waals surface area contributed by atoms with Gasteiger partial charge in [-0.1, -0.05) is 42.3 Å². The molecule has 184 valence electrons. The molecule has 0 unspecified atom stereocenters. The molecule has 0 bridgehead atoms. The lowest BCUT2D eigenvalue weighted by molar-refractivity contribution is -0.139. The summed E-state index contributed by atoms with van der Waals surface area (Å²) in [5.74, 6) is -0.390. The average Bonchev–Trinajstić information content (AvgIpc) is 2.83. The van der Waals surface area contributed by atoms with Crippen LogP contribution < -0.4 is 5.32 Å². The first-order valence-electron chi connectivity index (χ1n) is 11.3. The second kappa shape index (κ2) is 11.7. The zero-order chi connectivity index (χ0) is 24.8. The highest BCUT2D eigenvalue weighted by Crippen LogP contribution is 2.35. The summed E-state index contributed by atoms with van der Waals surface area (Å²) >= 11 is 12.3. The van der Waals surface area contributed by atoms with Gasteiger partial charge in [0.1, 0.15) is 0 Å². The molecule has 8 nitrogen and oxygen atoms in total. The van der Waals surface area contributed by atoms with Gasteiger partial charge in [-0.2, -0.15) is 0 Å². The van der Waals surface area contributed by atoms with Crippen LogP contribution in [-0.4, -0.2) is 78.5 Å². The minimum atomic E-state index is -0.750. The lowest BCUT2D eigenvalue weighted by Crippen LogP contribution is -2.53. The Morgan fingerprint density at radius 3 is 2.47 bits per heavy atom. The zero-order valence-electron chi connectivity index (χ0n) is 19.5. The number of carbonyl (C=O) groups excluding carboxylic acids is 3. The highest BCUT2D eigenvalue weighted by molar-refractivity contribution is 6.42. The van der Waals surface area contributed by atoms with Crippen molar-refractivity contribution in [2.75, 3.05) is 45.9 Å². The molecule has 3 amide bonds. The smallest absolute Gasteiger partial charge is 0.338 e. The summed E-state index contributed by atoms with van der Waals surface area (Å²) in [6.45, 7) is 10.6. The van der Waals surface area contributed by atoms with Crippen molar-refractivity contribution in [3.8, 4) is 0 Å². The number of esters is 1. The Labute approximate surface area is 210 Å². The molecule has 0 aliphatic carbocycles. The van der Waals surface area contributed by atoms with Crippen molar-refractivity contribution < 1.29 is 19.1 Å². The van der Waals surface area contributed by atoms with E-state index < -0.39 is 12.0 Å². The molecular formula is C24H30Cl2N4O4. The largest absolute Gasteiger partial charge is 0.463 e. The van der Waals surface area contributed by atoms with Crippen molar-refractivity contribution >= 4 is 41.1 Å². The highest BCUT2D eigenvalue weighted by atomic mass is 35.5. The van der Waals surface area contributed by atoms with E-state index in [1.807, 2.05) is 11.8 Å². The van der Waals surface area contributed by atoms with Gasteiger partial charge in [0.05, 0.1) is 28.3 Å². The SMILES string of the molecule is C=CCN1C(=O)N[C@@H](c2ccc(Cl)c(Cl)c2)C(C(=O)OCC)=C1CN1CCN(C(=O)CC)CC1. The number of ether oxygens (including phenoxy) is 1. The molecule has 2 heterocycles. The third-order valence-electron chi connectivity index (χ3n) is 5.92. The Balaban J connectivity index is 2.02. The first-order valence-corrected chi connectivity index (χ1v) is 12.1. The summed E-state index contributed by atoms with van der Waals surface area (Å²) in [6, 6.07) is 3.91. The molecule has 3 rings (SSSR count). The molecule has 1 fully saturated rings. The van der Waals surface area contributed by atoms with Crippen molar-refractivity contribution in [2.24, 2.45) is 0 Å². The topological polar surface area (TPSA) is 82.2 Å². The van der Waals surface area contributed by atoms with Crippen LogP contribution in [0.3, 0.4) is 0 Å². The van der Waals surface area contributed by atoms with Crippen LogP contribution in [0.2, 0.25) is 10.0 Å². The first-order chi connectivity index (χ1) is 16.3. The van der Waals surface area contributed by atoms with Crippen molar-refractivity contribution in [1.82, 2.24) is 20.0 Å². The number of halogens is 2. The van der Waals surface area contributed by atoms with Gasteiger partial charge in [0, 0.05) is 51.4 Å². The van der Waals surface area contributed by atoms with E-state index in [-0.39, 0.29) is 25.1 Å². The van der Waals surface area contributed by atoms with Gasteiger partial charge < -0.3 is 15.0 Å². The van der Waals surface area contributed by atoms with E-state index in [1.165, 1.54) is 4.90 Å². The Hall–Kier alpha value is -2.55. The first kappa shape index (κ1) is 26.1. The predicted molar refractivity (Wildman–Crippen MR) is 132 cm³/mol. The lowest BCUT2D eigenvalue weighted by atomic mass is 9.94. The molecule has 0 spiro atoms. The van der Waals surface area contributed by atoms with Crippen molar-refractivity contribution in [2.45, 2.75) is 26.3 Å². The van der Waals surface area contributed by atoms with Gasteiger partial charge in [-0.05, 0) is 24.6 Å². The second-order valence-corrected chi connectivity index (χ2v) is 8.86. The van der Waals surface area contributed by atoms with Gasteiger partial charge in [-0.25, -0.2) is 9.59 Å². The number of benzene rings is 1. The second-order valence-electron chi connectivity index (χ2n) is 8.05. The number of amides is 3. The maximum absolute atomic E-state index is 13.2. The molecule has 0 radical (unpaired) electrons. The van der Waals surface area contributed by atoms with Crippen LogP contribution in [0.5, 0.6) is 0 Å². The van der Waals surface area contributed by atoms with E-state index in [1.54, 1.807) is 31.2 Å². The molecule has 2 aliphatic heterocycles. The molecule has 10 heteroatoms. The summed E-state index contributed by atoms with van der Waals surface area (Å²) in [7, 11) is 0. The van der Waals surface area contributed by atoms with Gasteiger partial charge in [-0.3, -0.25) is 14.6 Å². The number of hydrogen-bond acceptors (Lipinski definition) is 5. The summed E-state index contributed by atoms with van der Waals surface area (Å²) < 4.78 is 5.40. The Morgan fingerprint density at radius 2 is 1.88 bits per heavy atom. The summed E-state index contributed by atoms with van der Waals surface area (Å²) in [6.07, 6.45) is 2.08. The Kier molecular flexibility index (Phi) is 8.99. The number of nitrogens with zero attached hydrogens (tertiary/aromatic N) is 3. The molecule has 1 saturated heterocycles. The molecule has 1 atom stereocenters. The molecule has 1 N–H and O–H groups in total. The normalized spacial score (nSPS) is 19.2. The van der Waals surface area contributed by atoms with Crippen LogP contribution in [0.4, 0.5) is 4.79 Å². The minimum absolute atomic E-state index is 0.121. The fourth-order valence-electron chi connectivity index (χ4n) is 4.18. The number of piperazine rings is 1. The maximum Gasteiger partial charge on any atom is 0.338 e. The summed E-state index contributed by atoms with van der Waals surface area (Å²) in [5.41, 5.74) is 1.52. The molecular weight excluding hydrogens is 479 g/mol. The molecule has 0 saturated carbocycles. The number of urea groups is 1.